The molecular weight excluding hydrogens is 342 g/mol. The number of H-pyrrole nitrogens is 1. The van der Waals surface area contributed by atoms with Gasteiger partial charge in [0, 0.05) is 56.7 Å². The van der Waals surface area contributed by atoms with Gasteiger partial charge in [0.25, 0.3) is 5.91 Å². The van der Waals surface area contributed by atoms with E-state index in [2.05, 4.69) is 37.3 Å². The second-order valence-electron chi connectivity index (χ2n) is 7.51. The Kier molecular flexibility index (Phi) is 5.46. The maximum absolute atomic E-state index is 12.3. The summed E-state index contributed by atoms with van der Waals surface area (Å²) in [6.07, 6.45) is 1.03. The molecule has 0 bridgehead atoms. The number of nitrogens with zero attached hydrogens (tertiary/aromatic N) is 5. The maximum Gasteiger partial charge on any atom is 0.291 e. The summed E-state index contributed by atoms with van der Waals surface area (Å²) >= 11 is 0. The van der Waals surface area contributed by atoms with Crippen LogP contribution in [0.2, 0.25) is 0 Å². The summed E-state index contributed by atoms with van der Waals surface area (Å²) in [4.78, 5) is 25.0. The summed E-state index contributed by atoms with van der Waals surface area (Å²) in [6.45, 7) is 10.6. The molecule has 146 valence electrons. The minimum absolute atomic E-state index is 0.169. The minimum Gasteiger partial charge on any atom is -0.355 e. The number of amides is 1. The van der Waals surface area contributed by atoms with E-state index in [1.807, 2.05) is 20.8 Å². The molecule has 3 heterocycles. The first-order valence-electron chi connectivity index (χ1n) is 9.33. The van der Waals surface area contributed by atoms with Crippen molar-refractivity contribution in [1.29, 1.82) is 0 Å². The van der Waals surface area contributed by atoms with Gasteiger partial charge in [-0.1, -0.05) is 0 Å². The number of aromatic nitrogens is 4. The van der Waals surface area contributed by atoms with Crippen molar-refractivity contribution in [3.8, 4) is 0 Å². The van der Waals surface area contributed by atoms with E-state index in [1.165, 1.54) is 10.5 Å². The van der Waals surface area contributed by atoms with Crippen molar-refractivity contribution in [3.05, 3.63) is 34.0 Å². The zero-order chi connectivity index (χ0) is 19.7. The van der Waals surface area contributed by atoms with Crippen LogP contribution in [0.5, 0.6) is 0 Å². The Morgan fingerprint density at radius 1 is 1.22 bits per heavy atom. The smallest absolute Gasteiger partial charge is 0.291 e. The topological polar surface area (TPSA) is 90.0 Å². The largest absolute Gasteiger partial charge is 0.355 e. The lowest BCUT2D eigenvalue weighted by Gasteiger charge is -2.22. The molecule has 2 aromatic rings. The molecular formula is C19H29N7O. The highest BCUT2D eigenvalue weighted by Crippen LogP contribution is 2.24. The first-order valence-corrected chi connectivity index (χ1v) is 9.33. The molecule has 0 aromatic carbocycles. The summed E-state index contributed by atoms with van der Waals surface area (Å²) < 4.78 is 0. The molecule has 1 aliphatic heterocycles. The summed E-state index contributed by atoms with van der Waals surface area (Å²) in [6, 6.07) is 0.365. The van der Waals surface area contributed by atoms with Crippen LogP contribution in [0, 0.1) is 27.7 Å². The van der Waals surface area contributed by atoms with Crippen LogP contribution in [0.25, 0.3) is 0 Å². The molecule has 1 fully saturated rings. The number of aromatic amines is 1. The number of hydrogen-bond acceptors (Lipinski definition) is 6. The number of carbonyl (C=O) groups excluding carboxylic acids is 1. The lowest BCUT2D eigenvalue weighted by atomic mass is 10.2. The van der Waals surface area contributed by atoms with Crippen molar-refractivity contribution < 1.29 is 4.79 Å². The summed E-state index contributed by atoms with van der Waals surface area (Å²) in [5.41, 5.74) is 5.28. The zero-order valence-electron chi connectivity index (χ0n) is 17.1. The van der Waals surface area contributed by atoms with Crippen LogP contribution in [-0.4, -0.2) is 64.2 Å². The molecule has 8 nitrogen and oxygen atoms in total. The predicted octanol–water partition coefficient (Wildman–Crippen LogP) is 1.50. The Morgan fingerprint density at radius 3 is 2.59 bits per heavy atom. The number of hydrogen-bond donors (Lipinski definition) is 2. The lowest BCUT2D eigenvalue weighted by molar-refractivity contribution is 0.0815. The average Bonchev–Trinajstić information content (AvgIpc) is 3.22. The van der Waals surface area contributed by atoms with Crippen molar-refractivity contribution in [1.82, 2.24) is 30.4 Å². The fraction of sp³-hybridized carbons (Fsp3) is 0.579. The predicted molar refractivity (Wildman–Crippen MR) is 105 cm³/mol. The van der Waals surface area contributed by atoms with Gasteiger partial charge in [-0.25, -0.2) is 9.97 Å². The third-order valence-electron chi connectivity index (χ3n) is 5.36. The fourth-order valence-electron chi connectivity index (χ4n) is 3.29. The van der Waals surface area contributed by atoms with Crippen LogP contribution in [0.4, 0.5) is 5.82 Å². The standard InChI is InChI=1S/C19H29N7O/c1-11-14(4)23-24-16(11)9-20-15-7-8-26(10-15)18-12(2)13(3)21-17(22-18)19(27)25(5)6/h15,20H,7-10H2,1-6H3,(H,23,24)/t15-/m1/s1. The summed E-state index contributed by atoms with van der Waals surface area (Å²) in [7, 11) is 3.43. The van der Waals surface area contributed by atoms with E-state index in [4.69, 9.17) is 0 Å². The van der Waals surface area contributed by atoms with Crippen LogP contribution < -0.4 is 10.2 Å². The number of nitrogens with one attached hydrogen (secondary N) is 2. The van der Waals surface area contributed by atoms with Crippen LogP contribution in [0.15, 0.2) is 0 Å². The van der Waals surface area contributed by atoms with Crippen LogP contribution >= 0.6 is 0 Å². The molecule has 1 aliphatic rings. The van der Waals surface area contributed by atoms with Gasteiger partial charge in [-0.3, -0.25) is 9.89 Å². The quantitative estimate of drug-likeness (QED) is 0.828. The van der Waals surface area contributed by atoms with Crippen molar-refractivity contribution in [2.45, 2.75) is 46.7 Å². The number of carbonyl (C=O) groups is 1. The van der Waals surface area contributed by atoms with E-state index in [9.17, 15) is 4.79 Å². The highest BCUT2D eigenvalue weighted by Gasteiger charge is 2.27. The second-order valence-corrected chi connectivity index (χ2v) is 7.51. The van der Waals surface area contributed by atoms with E-state index in [-0.39, 0.29) is 11.7 Å². The molecule has 2 aromatic heterocycles. The summed E-state index contributed by atoms with van der Waals surface area (Å²) in [5, 5.41) is 11.0. The first kappa shape index (κ1) is 19.3. The van der Waals surface area contributed by atoms with E-state index >= 15 is 0 Å². The monoisotopic (exact) mass is 371 g/mol. The number of rotatable bonds is 5. The lowest BCUT2D eigenvalue weighted by Crippen LogP contribution is -2.33. The molecule has 0 radical (unpaired) electrons. The van der Waals surface area contributed by atoms with Gasteiger partial charge in [0.15, 0.2) is 0 Å². The Bertz CT molecular complexity index is 843. The summed E-state index contributed by atoms with van der Waals surface area (Å²) in [5.74, 6) is 0.957. The first-order chi connectivity index (χ1) is 12.8. The Hall–Kier alpha value is -2.48. The van der Waals surface area contributed by atoms with Gasteiger partial charge in [0.2, 0.25) is 5.82 Å². The van der Waals surface area contributed by atoms with Gasteiger partial charge in [-0.05, 0) is 39.7 Å². The van der Waals surface area contributed by atoms with Gasteiger partial charge in [0.05, 0.1) is 5.69 Å². The number of aryl methyl sites for hydroxylation is 2. The Labute approximate surface area is 160 Å². The molecule has 1 atom stereocenters. The third kappa shape index (κ3) is 3.95. The Morgan fingerprint density at radius 2 is 1.96 bits per heavy atom. The van der Waals surface area contributed by atoms with E-state index in [0.29, 0.717) is 6.04 Å². The van der Waals surface area contributed by atoms with Crippen molar-refractivity contribution >= 4 is 11.7 Å². The normalized spacial score (nSPS) is 16.8. The average molecular weight is 371 g/mol. The highest BCUT2D eigenvalue weighted by molar-refractivity contribution is 5.90. The van der Waals surface area contributed by atoms with Gasteiger partial charge < -0.3 is 15.1 Å². The van der Waals surface area contributed by atoms with Gasteiger partial charge >= 0.3 is 0 Å². The molecule has 2 N–H and O–H groups in total. The maximum atomic E-state index is 12.3. The molecule has 1 amide bonds. The molecule has 1 saturated heterocycles. The SMILES string of the molecule is Cc1nc(C(=O)N(C)C)nc(N2CC[C@@H](NCc3n[nH]c(C)c3C)C2)c1C. The van der Waals surface area contributed by atoms with E-state index in [1.54, 1.807) is 14.1 Å². The molecule has 0 aliphatic carbocycles. The van der Waals surface area contributed by atoms with Crippen molar-refractivity contribution in [3.63, 3.8) is 0 Å². The molecule has 0 unspecified atom stereocenters. The molecule has 0 saturated carbocycles. The van der Waals surface area contributed by atoms with Gasteiger partial charge in [-0.15, -0.1) is 0 Å². The van der Waals surface area contributed by atoms with E-state index < -0.39 is 0 Å². The van der Waals surface area contributed by atoms with Crippen LogP contribution in [-0.2, 0) is 6.54 Å². The van der Waals surface area contributed by atoms with Gasteiger partial charge in [0.1, 0.15) is 5.82 Å². The molecule has 27 heavy (non-hydrogen) atoms. The second kappa shape index (κ2) is 7.64. The van der Waals surface area contributed by atoms with E-state index in [0.717, 1.165) is 54.5 Å². The minimum atomic E-state index is -0.169. The molecule has 3 rings (SSSR count). The molecule has 8 heteroatoms. The Balaban J connectivity index is 1.71. The zero-order valence-corrected chi connectivity index (χ0v) is 17.1. The third-order valence-corrected chi connectivity index (χ3v) is 5.36. The fourth-order valence-corrected chi connectivity index (χ4v) is 3.29. The molecule has 0 spiro atoms. The number of anilines is 1. The van der Waals surface area contributed by atoms with Gasteiger partial charge in [-0.2, -0.15) is 5.10 Å². The highest BCUT2D eigenvalue weighted by atomic mass is 16.2. The van der Waals surface area contributed by atoms with Crippen molar-refractivity contribution in [2.75, 3.05) is 32.1 Å². The van der Waals surface area contributed by atoms with Crippen molar-refractivity contribution in [2.24, 2.45) is 0 Å². The van der Waals surface area contributed by atoms with Crippen LogP contribution in [0.3, 0.4) is 0 Å². The van der Waals surface area contributed by atoms with Crippen LogP contribution in [0.1, 0.15) is 45.2 Å².